The molecular formula is C25H26O6. The number of carboxylic acids is 2. The van der Waals surface area contributed by atoms with Crippen LogP contribution < -0.4 is 0 Å². The van der Waals surface area contributed by atoms with Crippen molar-refractivity contribution in [3.63, 3.8) is 0 Å². The van der Waals surface area contributed by atoms with Gasteiger partial charge in [-0.2, -0.15) is 0 Å². The number of aliphatic carboxylic acids is 2. The molecule has 2 aromatic rings. The molecule has 6 heteroatoms. The second-order valence-corrected chi connectivity index (χ2v) is 7.95. The van der Waals surface area contributed by atoms with Crippen LogP contribution in [0.5, 0.6) is 0 Å². The van der Waals surface area contributed by atoms with Gasteiger partial charge in [0, 0.05) is 11.1 Å². The summed E-state index contributed by atoms with van der Waals surface area (Å²) in [6, 6.07) is 5.96. The lowest BCUT2D eigenvalue weighted by Gasteiger charge is -2.27. The SMILES string of the molecule is CCCCc1c(C=O)cc2c(c1CCCC)C(C(=O)O)(C(=O)O)c1ccc(C=O)cc1-2. The molecule has 2 N–H and O–H groups in total. The van der Waals surface area contributed by atoms with Crippen LogP contribution in [0, 0.1) is 0 Å². The molecule has 0 fully saturated rings. The van der Waals surface area contributed by atoms with E-state index in [-0.39, 0.29) is 11.1 Å². The first-order valence-electron chi connectivity index (χ1n) is 10.6. The first kappa shape index (κ1) is 22.4. The second kappa shape index (κ2) is 8.84. The van der Waals surface area contributed by atoms with E-state index < -0.39 is 17.4 Å². The summed E-state index contributed by atoms with van der Waals surface area (Å²) in [6.07, 6.45) is 5.70. The Hall–Kier alpha value is -3.28. The zero-order chi connectivity index (χ0) is 22.8. The summed E-state index contributed by atoms with van der Waals surface area (Å²) in [5.74, 6) is -2.95. The summed E-state index contributed by atoms with van der Waals surface area (Å²) in [6.45, 7) is 4.03. The highest BCUT2D eigenvalue weighted by atomic mass is 16.4. The van der Waals surface area contributed by atoms with E-state index in [2.05, 4.69) is 0 Å². The number of fused-ring (bicyclic) bond motifs is 3. The third-order valence-corrected chi connectivity index (χ3v) is 6.16. The average molecular weight is 422 g/mol. The van der Waals surface area contributed by atoms with Crippen molar-refractivity contribution in [3.05, 3.63) is 57.6 Å². The van der Waals surface area contributed by atoms with Crippen LogP contribution in [0.3, 0.4) is 0 Å². The molecule has 0 atom stereocenters. The molecule has 0 aliphatic heterocycles. The number of hydrogen-bond donors (Lipinski definition) is 2. The van der Waals surface area contributed by atoms with Crippen molar-refractivity contribution < 1.29 is 29.4 Å². The Morgan fingerprint density at radius 2 is 1.48 bits per heavy atom. The minimum atomic E-state index is -2.28. The van der Waals surface area contributed by atoms with Gasteiger partial charge in [-0.1, -0.05) is 38.8 Å². The number of carboxylic acid groups (broad SMARTS) is 2. The van der Waals surface area contributed by atoms with E-state index in [1.807, 2.05) is 13.8 Å². The molecule has 162 valence electrons. The van der Waals surface area contributed by atoms with Crippen LogP contribution in [0.25, 0.3) is 11.1 Å². The minimum Gasteiger partial charge on any atom is -0.480 e. The number of rotatable bonds is 10. The summed E-state index contributed by atoms with van der Waals surface area (Å²) in [7, 11) is 0. The number of carbonyl (C=O) groups is 4. The first-order chi connectivity index (χ1) is 14.9. The van der Waals surface area contributed by atoms with Gasteiger partial charge in [0.25, 0.3) is 0 Å². The van der Waals surface area contributed by atoms with Gasteiger partial charge in [0.2, 0.25) is 5.41 Å². The lowest BCUT2D eigenvalue weighted by atomic mass is 9.73. The topological polar surface area (TPSA) is 109 Å². The molecule has 0 spiro atoms. The quantitative estimate of drug-likeness (QED) is 0.433. The fourth-order valence-electron chi connectivity index (χ4n) is 4.68. The highest BCUT2D eigenvalue weighted by Gasteiger charge is 2.57. The number of aldehydes is 2. The van der Waals surface area contributed by atoms with Gasteiger partial charge in [0.05, 0.1) is 0 Å². The highest BCUT2D eigenvalue weighted by molar-refractivity contribution is 6.15. The summed E-state index contributed by atoms with van der Waals surface area (Å²) in [5, 5.41) is 20.6. The Kier molecular flexibility index (Phi) is 6.39. The largest absolute Gasteiger partial charge is 0.480 e. The van der Waals surface area contributed by atoms with Crippen molar-refractivity contribution >= 4 is 24.5 Å². The Labute approximate surface area is 180 Å². The number of benzene rings is 2. The van der Waals surface area contributed by atoms with E-state index in [4.69, 9.17) is 0 Å². The monoisotopic (exact) mass is 422 g/mol. The van der Waals surface area contributed by atoms with Gasteiger partial charge >= 0.3 is 11.9 Å². The van der Waals surface area contributed by atoms with Crippen LogP contribution in [-0.4, -0.2) is 34.7 Å². The number of hydrogen-bond acceptors (Lipinski definition) is 4. The molecule has 0 saturated heterocycles. The summed E-state index contributed by atoms with van der Waals surface area (Å²) in [4.78, 5) is 48.6. The molecule has 2 aromatic carbocycles. The molecule has 0 bridgehead atoms. The Bertz CT molecular complexity index is 1050. The van der Waals surface area contributed by atoms with Crippen molar-refractivity contribution in [1.29, 1.82) is 0 Å². The average Bonchev–Trinajstić information content (AvgIpc) is 3.06. The Morgan fingerprint density at radius 3 is 2.00 bits per heavy atom. The van der Waals surface area contributed by atoms with E-state index in [0.717, 1.165) is 37.5 Å². The van der Waals surface area contributed by atoms with Crippen molar-refractivity contribution in [1.82, 2.24) is 0 Å². The lowest BCUT2D eigenvalue weighted by molar-refractivity contribution is -0.155. The predicted molar refractivity (Wildman–Crippen MR) is 116 cm³/mol. The van der Waals surface area contributed by atoms with Gasteiger partial charge < -0.3 is 10.2 Å². The molecule has 0 aromatic heterocycles. The fraction of sp³-hybridized carbons (Fsp3) is 0.360. The standard InChI is InChI=1S/C25H26O6/c1-3-5-7-17-16(14-27)12-20-19-11-15(13-26)9-10-21(19)25(23(28)29,24(30)31)22(20)18(17)8-6-4-2/h9-14H,3-8H2,1-2H3,(H,28,29)(H,30,31). The smallest absolute Gasteiger partial charge is 0.330 e. The minimum absolute atomic E-state index is 0.121. The van der Waals surface area contributed by atoms with Gasteiger partial charge in [-0.15, -0.1) is 0 Å². The van der Waals surface area contributed by atoms with Gasteiger partial charge in [0.1, 0.15) is 12.6 Å². The molecular weight excluding hydrogens is 396 g/mol. The highest BCUT2D eigenvalue weighted by Crippen LogP contribution is 2.52. The molecule has 0 amide bonds. The van der Waals surface area contributed by atoms with E-state index in [0.29, 0.717) is 46.9 Å². The first-order valence-corrected chi connectivity index (χ1v) is 10.6. The van der Waals surface area contributed by atoms with Gasteiger partial charge in [-0.25, -0.2) is 0 Å². The predicted octanol–water partition coefficient (Wildman–Crippen LogP) is 4.43. The zero-order valence-corrected chi connectivity index (χ0v) is 17.7. The number of unbranched alkanes of at least 4 members (excludes halogenated alkanes) is 2. The molecule has 31 heavy (non-hydrogen) atoms. The van der Waals surface area contributed by atoms with Gasteiger partial charge in [-0.3, -0.25) is 19.2 Å². The van der Waals surface area contributed by atoms with E-state index in [9.17, 15) is 29.4 Å². The van der Waals surface area contributed by atoms with Crippen LogP contribution in [0.15, 0.2) is 24.3 Å². The normalized spacial score (nSPS) is 13.4. The van der Waals surface area contributed by atoms with Crippen LogP contribution >= 0.6 is 0 Å². The molecule has 0 unspecified atom stereocenters. The molecule has 0 heterocycles. The van der Waals surface area contributed by atoms with Crippen LogP contribution in [0.2, 0.25) is 0 Å². The zero-order valence-electron chi connectivity index (χ0n) is 17.7. The molecule has 6 nitrogen and oxygen atoms in total. The number of carbonyl (C=O) groups excluding carboxylic acids is 2. The molecule has 1 aliphatic rings. The van der Waals surface area contributed by atoms with Gasteiger partial charge in [-0.05, 0) is 71.2 Å². The van der Waals surface area contributed by atoms with Crippen molar-refractivity contribution in [2.75, 3.05) is 0 Å². The maximum Gasteiger partial charge on any atom is 0.330 e. The molecule has 0 saturated carbocycles. The third-order valence-electron chi connectivity index (χ3n) is 6.16. The van der Waals surface area contributed by atoms with Crippen molar-refractivity contribution in [2.24, 2.45) is 0 Å². The summed E-state index contributed by atoms with van der Waals surface area (Å²) < 4.78 is 0. The second-order valence-electron chi connectivity index (χ2n) is 7.95. The van der Waals surface area contributed by atoms with Crippen LogP contribution in [0.1, 0.15) is 82.5 Å². The lowest BCUT2D eigenvalue weighted by Crippen LogP contribution is -2.44. The van der Waals surface area contributed by atoms with Crippen LogP contribution in [-0.2, 0) is 27.8 Å². The maximum absolute atomic E-state index is 12.6. The van der Waals surface area contributed by atoms with E-state index in [1.54, 1.807) is 6.07 Å². The Balaban J connectivity index is 2.51. The summed E-state index contributed by atoms with van der Waals surface area (Å²) >= 11 is 0. The molecule has 3 rings (SSSR count). The Morgan fingerprint density at radius 1 is 0.871 bits per heavy atom. The van der Waals surface area contributed by atoms with E-state index >= 15 is 0 Å². The maximum atomic E-state index is 12.6. The summed E-state index contributed by atoms with van der Waals surface area (Å²) in [5.41, 5.74) is 1.01. The van der Waals surface area contributed by atoms with Crippen LogP contribution in [0.4, 0.5) is 0 Å². The van der Waals surface area contributed by atoms with E-state index in [1.165, 1.54) is 18.2 Å². The van der Waals surface area contributed by atoms with Gasteiger partial charge in [0.15, 0.2) is 0 Å². The molecule has 1 aliphatic carbocycles. The van der Waals surface area contributed by atoms with Crippen molar-refractivity contribution in [3.8, 4) is 11.1 Å². The van der Waals surface area contributed by atoms with Crippen molar-refractivity contribution in [2.45, 2.75) is 57.8 Å². The third kappa shape index (κ3) is 3.36. The fourth-order valence-corrected chi connectivity index (χ4v) is 4.68. The molecule has 0 radical (unpaired) electrons.